The predicted molar refractivity (Wildman–Crippen MR) is 136 cm³/mol. The third-order valence-electron chi connectivity index (χ3n) is 7.97. The summed E-state index contributed by atoms with van der Waals surface area (Å²) in [6.07, 6.45) is 4.23. The van der Waals surface area contributed by atoms with Gasteiger partial charge in [-0.25, -0.2) is 9.59 Å². The van der Waals surface area contributed by atoms with Crippen LogP contribution in [0.1, 0.15) is 47.5 Å². The van der Waals surface area contributed by atoms with Crippen molar-refractivity contribution in [1.82, 2.24) is 9.80 Å². The Morgan fingerprint density at radius 2 is 1.97 bits per heavy atom. The first kappa shape index (κ1) is 27.2. The molecule has 2 fully saturated rings. The van der Waals surface area contributed by atoms with Gasteiger partial charge in [0.25, 0.3) is 0 Å². The number of hydrogen-bond acceptors (Lipinski definition) is 5. The minimum atomic E-state index is -2.07. The first-order valence-corrected chi connectivity index (χ1v) is 15.3. The van der Waals surface area contributed by atoms with E-state index in [4.69, 9.17) is 9.16 Å². The van der Waals surface area contributed by atoms with Gasteiger partial charge in [-0.1, -0.05) is 39.5 Å². The highest BCUT2D eigenvalue weighted by atomic mass is 28.4. The molecule has 0 spiro atoms. The molecular weight excluding hydrogens is 464 g/mol. The van der Waals surface area contributed by atoms with Gasteiger partial charge in [0.05, 0.1) is 18.1 Å². The molecule has 0 bridgehead atoms. The standard InChI is InChI=1S/C26H40N2O6Si/c1-9-12-33-25(32)27-11-10-18(15-27)13-16(2)19-14-20-21(23(29)28(20)22(19)24(30)31)17(3)34-35(7,8)26(4,5)6/h9,13,17-18,20-21H,1,10-12,14-15H2,2-8H3,(H,30,31)/t17-,18?,20-,21-/m1/s1. The zero-order valence-corrected chi connectivity index (χ0v) is 23.1. The van der Waals surface area contributed by atoms with E-state index in [1.54, 1.807) is 4.90 Å². The zero-order valence-electron chi connectivity index (χ0n) is 22.1. The van der Waals surface area contributed by atoms with Crippen LogP contribution in [0.15, 0.2) is 35.6 Å². The van der Waals surface area contributed by atoms with Crippen LogP contribution in [-0.2, 0) is 18.8 Å². The SMILES string of the molecule is C=CCOC(=O)N1CCC(C=C(C)C2=C(C(=O)O)N3C(=O)[C@H]([C@@H](C)O[Si](C)(C)C(C)(C)C)[C@H]3C2)C1. The summed E-state index contributed by atoms with van der Waals surface area (Å²) in [7, 11) is -2.07. The molecule has 8 nitrogen and oxygen atoms in total. The number of likely N-dealkylation sites (tertiary alicyclic amines) is 1. The first-order valence-electron chi connectivity index (χ1n) is 12.4. The molecule has 4 atom stereocenters. The quantitative estimate of drug-likeness (QED) is 0.296. The monoisotopic (exact) mass is 504 g/mol. The molecule has 0 aliphatic carbocycles. The van der Waals surface area contributed by atoms with Gasteiger partial charge >= 0.3 is 12.1 Å². The molecule has 0 saturated carbocycles. The number of allylic oxidation sites excluding steroid dienone is 1. The van der Waals surface area contributed by atoms with Crippen LogP contribution in [0.25, 0.3) is 0 Å². The summed E-state index contributed by atoms with van der Waals surface area (Å²) in [5.74, 6) is -1.49. The Kier molecular flexibility index (Phi) is 7.72. The Hall–Kier alpha value is -2.39. The fraction of sp³-hybridized carbons (Fsp3) is 0.654. The minimum Gasteiger partial charge on any atom is -0.477 e. The van der Waals surface area contributed by atoms with Crippen LogP contribution in [0.3, 0.4) is 0 Å². The van der Waals surface area contributed by atoms with Crippen molar-refractivity contribution in [1.29, 1.82) is 0 Å². The summed E-state index contributed by atoms with van der Waals surface area (Å²) in [5.41, 5.74) is 1.64. The summed E-state index contributed by atoms with van der Waals surface area (Å²) in [6.45, 7) is 19.5. The van der Waals surface area contributed by atoms with Crippen molar-refractivity contribution in [3.63, 3.8) is 0 Å². The number of ether oxygens (including phenoxy) is 1. The molecule has 35 heavy (non-hydrogen) atoms. The second-order valence-corrected chi connectivity index (χ2v) is 16.2. The van der Waals surface area contributed by atoms with Gasteiger partial charge in [0.2, 0.25) is 5.91 Å². The van der Waals surface area contributed by atoms with Crippen molar-refractivity contribution in [2.75, 3.05) is 19.7 Å². The summed E-state index contributed by atoms with van der Waals surface area (Å²) in [4.78, 5) is 40.6. The summed E-state index contributed by atoms with van der Waals surface area (Å²) < 4.78 is 11.6. The molecule has 194 valence electrons. The molecule has 0 aromatic rings. The molecule has 0 aromatic carbocycles. The fourth-order valence-electron chi connectivity index (χ4n) is 5.09. The third-order valence-corrected chi connectivity index (χ3v) is 12.5. The summed E-state index contributed by atoms with van der Waals surface area (Å²) in [6, 6.07) is -0.194. The Balaban J connectivity index is 1.74. The largest absolute Gasteiger partial charge is 0.477 e. The van der Waals surface area contributed by atoms with E-state index in [9.17, 15) is 19.5 Å². The first-order chi connectivity index (χ1) is 16.2. The van der Waals surface area contributed by atoms with Crippen LogP contribution < -0.4 is 0 Å². The molecule has 2 amide bonds. The van der Waals surface area contributed by atoms with Crippen LogP contribution in [0.5, 0.6) is 0 Å². The Bertz CT molecular complexity index is 963. The van der Waals surface area contributed by atoms with E-state index in [1.807, 2.05) is 19.9 Å². The number of fused-ring (bicyclic) bond motifs is 1. The van der Waals surface area contributed by atoms with Crippen LogP contribution in [-0.4, -0.2) is 73.0 Å². The number of nitrogens with zero attached hydrogens (tertiary/aromatic N) is 2. The molecule has 9 heteroatoms. The van der Waals surface area contributed by atoms with E-state index in [0.29, 0.717) is 25.1 Å². The van der Waals surface area contributed by atoms with E-state index in [2.05, 4.69) is 40.4 Å². The molecular formula is C26H40N2O6Si. The van der Waals surface area contributed by atoms with Crippen LogP contribution in [0.4, 0.5) is 4.79 Å². The van der Waals surface area contributed by atoms with Crippen LogP contribution >= 0.6 is 0 Å². The number of hydrogen-bond donors (Lipinski definition) is 1. The lowest BCUT2D eigenvalue weighted by molar-refractivity contribution is -0.160. The molecule has 2 saturated heterocycles. The molecule has 1 unspecified atom stereocenters. The number of carboxylic acid groups (broad SMARTS) is 1. The predicted octanol–water partition coefficient (Wildman–Crippen LogP) is 4.56. The van der Waals surface area contributed by atoms with E-state index in [0.717, 1.165) is 12.0 Å². The number of aliphatic carboxylic acids is 1. The number of β-lactam (4-membered cyclic amide) rings is 1. The summed E-state index contributed by atoms with van der Waals surface area (Å²) >= 11 is 0. The highest BCUT2D eigenvalue weighted by Gasteiger charge is 2.58. The summed E-state index contributed by atoms with van der Waals surface area (Å²) in [5, 5.41) is 9.99. The average molecular weight is 505 g/mol. The van der Waals surface area contributed by atoms with Gasteiger partial charge in [-0.15, -0.1) is 0 Å². The van der Waals surface area contributed by atoms with Gasteiger partial charge in [0.1, 0.15) is 12.3 Å². The van der Waals surface area contributed by atoms with Gasteiger partial charge in [-0.05, 0) is 61.9 Å². The van der Waals surface area contributed by atoms with Gasteiger partial charge < -0.3 is 24.1 Å². The Morgan fingerprint density at radius 3 is 2.54 bits per heavy atom. The van der Waals surface area contributed by atoms with Crippen molar-refractivity contribution >= 4 is 26.3 Å². The van der Waals surface area contributed by atoms with Crippen LogP contribution in [0, 0.1) is 11.8 Å². The maximum absolute atomic E-state index is 13.1. The van der Waals surface area contributed by atoms with E-state index >= 15 is 0 Å². The topological polar surface area (TPSA) is 96.4 Å². The Morgan fingerprint density at radius 1 is 1.31 bits per heavy atom. The van der Waals surface area contributed by atoms with Gasteiger partial charge in [-0.2, -0.15) is 0 Å². The Labute approximate surface area is 209 Å². The van der Waals surface area contributed by atoms with Crippen molar-refractivity contribution in [3.05, 3.63) is 35.6 Å². The third kappa shape index (κ3) is 5.26. The molecule has 3 heterocycles. The van der Waals surface area contributed by atoms with Crippen molar-refractivity contribution < 1.29 is 28.7 Å². The lowest BCUT2D eigenvalue weighted by Gasteiger charge is -2.48. The molecule has 0 aromatic heterocycles. The number of rotatable bonds is 8. The van der Waals surface area contributed by atoms with Gasteiger partial charge in [-0.3, -0.25) is 4.79 Å². The maximum Gasteiger partial charge on any atom is 0.410 e. The number of carbonyl (C=O) groups excluding carboxylic acids is 2. The van der Waals surface area contributed by atoms with Crippen LogP contribution in [0.2, 0.25) is 18.1 Å². The zero-order chi connectivity index (χ0) is 26.3. The van der Waals surface area contributed by atoms with E-state index in [-0.39, 0.29) is 53.3 Å². The van der Waals surface area contributed by atoms with E-state index < -0.39 is 14.3 Å². The van der Waals surface area contributed by atoms with Crippen molar-refractivity contribution in [2.24, 2.45) is 11.8 Å². The molecule has 3 aliphatic heterocycles. The maximum atomic E-state index is 13.1. The van der Waals surface area contributed by atoms with E-state index in [1.165, 1.54) is 11.0 Å². The highest BCUT2D eigenvalue weighted by Crippen LogP contribution is 2.48. The molecule has 3 rings (SSSR count). The second-order valence-electron chi connectivity index (χ2n) is 11.4. The minimum absolute atomic E-state index is 0.0195. The number of amides is 2. The van der Waals surface area contributed by atoms with Gasteiger partial charge in [0, 0.05) is 13.1 Å². The fourth-order valence-corrected chi connectivity index (χ4v) is 6.52. The molecule has 3 aliphatic rings. The number of carboxylic acids is 1. The second kappa shape index (κ2) is 9.93. The molecule has 0 radical (unpaired) electrons. The van der Waals surface area contributed by atoms with Gasteiger partial charge in [0.15, 0.2) is 8.32 Å². The van der Waals surface area contributed by atoms with Crippen molar-refractivity contribution in [2.45, 2.75) is 77.7 Å². The molecule has 1 N–H and O–H groups in total. The lowest BCUT2D eigenvalue weighted by atomic mass is 9.82. The average Bonchev–Trinajstić information content (AvgIpc) is 3.33. The number of carbonyl (C=O) groups is 3. The smallest absolute Gasteiger partial charge is 0.410 e. The van der Waals surface area contributed by atoms with Crippen molar-refractivity contribution in [3.8, 4) is 0 Å². The highest BCUT2D eigenvalue weighted by molar-refractivity contribution is 6.74. The normalized spacial score (nSPS) is 26.0. The lowest BCUT2D eigenvalue weighted by Crippen LogP contribution is -2.63.